The molecular formula is C15H14ClN3O. The monoisotopic (exact) mass is 287 g/mol. The number of nitrogens with zero attached hydrogens (tertiary/aromatic N) is 1. The smallest absolute Gasteiger partial charge is 0.296 e. The Morgan fingerprint density at radius 1 is 1.25 bits per heavy atom. The molecule has 0 fully saturated rings. The Balaban J connectivity index is 1.85. The number of halogens is 1. The van der Waals surface area contributed by atoms with Crippen molar-refractivity contribution in [1.82, 2.24) is 4.98 Å². The number of nitrogens with two attached hydrogens (primary N) is 1. The predicted molar refractivity (Wildman–Crippen MR) is 81.9 cm³/mol. The standard InChI is InChI=1S/C15H14ClN3O/c1-9(10-3-2-4-11(16)7-10)18-15-19-13-8-12(17)5-6-14(13)20-15/h2-9H,17H2,1H3,(H,18,19). The molecule has 20 heavy (non-hydrogen) atoms. The number of nitrogens with one attached hydrogen (secondary N) is 1. The summed E-state index contributed by atoms with van der Waals surface area (Å²) in [6.45, 7) is 2.02. The van der Waals surface area contributed by atoms with Gasteiger partial charge in [0.15, 0.2) is 5.58 Å². The molecule has 1 unspecified atom stereocenters. The van der Waals surface area contributed by atoms with Gasteiger partial charge in [-0.05, 0) is 42.8 Å². The average molecular weight is 288 g/mol. The SMILES string of the molecule is CC(Nc1nc2cc(N)ccc2o1)c1cccc(Cl)c1. The Morgan fingerprint density at radius 2 is 2.10 bits per heavy atom. The van der Waals surface area contributed by atoms with Crippen LogP contribution in [0.15, 0.2) is 46.9 Å². The highest BCUT2D eigenvalue weighted by atomic mass is 35.5. The van der Waals surface area contributed by atoms with Gasteiger partial charge in [0.05, 0.1) is 6.04 Å². The van der Waals surface area contributed by atoms with Gasteiger partial charge in [-0.25, -0.2) is 0 Å². The molecule has 0 spiro atoms. The molecule has 0 aliphatic heterocycles. The van der Waals surface area contributed by atoms with Crippen LogP contribution in [0.2, 0.25) is 5.02 Å². The van der Waals surface area contributed by atoms with Crippen LogP contribution in [-0.4, -0.2) is 4.98 Å². The Hall–Kier alpha value is -2.20. The molecule has 1 aromatic heterocycles. The summed E-state index contributed by atoms with van der Waals surface area (Å²) >= 11 is 5.99. The third kappa shape index (κ3) is 2.56. The van der Waals surface area contributed by atoms with Gasteiger partial charge >= 0.3 is 0 Å². The normalized spacial score (nSPS) is 12.5. The zero-order valence-corrected chi connectivity index (χ0v) is 11.7. The van der Waals surface area contributed by atoms with Crippen LogP contribution in [0.25, 0.3) is 11.1 Å². The van der Waals surface area contributed by atoms with E-state index in [-0.39, 0.29) is 6.04 Å². The molecule has 0 radical (unpaired) electrons. The first-order valence-corrected chi connectivity index (χ1v) is 6.68. The van der Waals surface area contributed by atoms with Crippen molar-refractivity contribution >= 4 is 34.4 Å². The third-order valence-corrected chi connectivity index (χ3v) is 3.34. The first kappa shape index (κ1) is 12.8. The molecule has 102 valence electrons. The Bertz CT molecular complexity index is 754. The van der Waals surface area contributed by atoms with Crippen LogP contribution in [-0.2, 0) is 0 Å². The maximum Gasteiger partial charge on any atom is 0.296 e. The Labute approximate surface area is 121 Å². The highest BCUT2D eigenvalue weighted by molar-refractivity contribution is 6.30. The van der Waals surface area contributed by atoms with E-state index in [1.807, 2.05) is 37.3 Å². The number of benzene rings is 2. The largest absolute Gasteiger partial charge is 0.424 e. The van der Waals surface area contributed by atoms with Gasteiger partial charge in [0.1, 0.15) is 5.52 Å². The van der Waals surface area contributed by atoms with E-state index in [2.05, 4.69) is 10.3 Å². The topological polar surface area (TPSA) is 64.1 Å². The first-order valence-electron chi connectivity index (χ1n) is 6.30. The van der Waals surface area contributed by atoms with Gasteiger partial charge in [0, 0.05) is 10.7 Å². The van der Waals surface area contributed by atoms with Crippen molar-refractivity contribution in [3.63, 3.8) is 0 Å². The minimum atomic E-state index is 0.0408. The van der Waals surface area contributed by atoms with E-state index >= 15 is 0 Å². The van der Waals surface area contributed by atoms with E-state index in [1.54, 1.807) is 12.1 Å². The van der Waals surface area contributed by atoms with Crippen molar-refractivity contribution < 1.29 is 4.42 Å². The summed E-state index contributed by atoms with van der Waals surface area (Å²) in [6, 6.07) is 13.6. The number of oxazole rings is 1. The van der Waals surface area contributed by atoms with Crippen LogP contribution in [0, 0.1) is 0 Å². The van der Waals surface area contributed by atoms with Crippen molar-refractivity contribution in [2.75, 3.05) is 11.1 Å². The second-order valence-electron chi connectivity index (χ2n) is 4.67. The van der Waals surface area contributed by atoms with Crippen LogP contribution in [0.1, 0.15) is 18.5 Å². The highest BCUT2D eigenvalue weighted by Gasteiger charge is 2.11. The van der Waals surface area contributed by atoms with Gasteiger partial charge in [-0.3, -0.25) is 0 Å². The van der Waals surface area contributed by atoms with Gasteiger partial charge in [-0.2, -0.15) is 4.98 Å². The maximum absolute atomic E-state index is 5.99. The molecule has 4 nitrogen and oxygen atoms in total. The molecule has 0 bridgehead atoms. The van der Waals surface area contributed by atoms with Gasteiger partial charge in [-0.15, -0.1) is 0 Å². The number of nitrogen functional groups attached to an aromatic ring is 1. The zero-order valence-electron chi connectivity index (χ0n) is 10.9. The fourth-order valence-electron chi connectivity index (χ4n) is 2.05. The molecule has 3 aromatic rings. The number of fused-ring (bicyclic) bond motifs is 1. The second kappa shape index (κ2) is 5.06. The van der Waals surface area contributed by atoms with E-state index in [4.69, 9.17) is 21.8 Å². The van der Waals surface area contributed by atoms with Gasteiger partial charge < -0.3 is 15.5 Å². The number of hydrogen-bond acceptors (Lipinski definition) is 4. The van der Waals surface area contributed by atoms with E-state index in [9.17, 15) is 0 Å². The molecule has 0 saturated heterocycles. The van der Waals surface area contributed by atoms with Crippen LogP contribution >= 0.6 is 11.6 Å². The summed E-state index contributed by atoms with van der Waals surface area (Å²) in [5, 5.41) is 3.93. The molecular weight excluding hydrogens is 274 g/mol. The molecule has 1 atom stereocenters. The molecule has 5 heteroatoms. The minimum Gasteiger partial charge on any atom is -0.424 e. The molecule has 3 rings (SSSR count). The van der Waals surface area contributed by atoms with E-state index < -0.39 is 0 Å². The number of aromatic nitrogens is 1. The Kier molecular flexibility index (Phi) is 3.24. The molecule has 2 aromatic carbocycles. The summed E-state index contributed by atoms with van der Waals surface area (Å²) in [5.41, 5.74) is 8.91. The summed E-state index contributed by atoms with van der Waals surface area (Å²) < 4.78 is 5.63. The van der Waals surface area contributed by atoms with Crippen molar-refractivity contribution in [2.45, 2.75) is 13.0 Å². The van der Waals surface area contributed by atoms with Crippen molar-refractivity contribution in [2.24, 2.45) is 0 Å². The van der Waals surface area contributed by atoms with Gasteiger partial charge in [0.25, 0.3) is 6.01 Å². The van der Waals surface area contributed by atoms with Crippen LogP contribution in [0.4, 0.5) is 11.7 Å². The summed E-state index contributed by atoms with van der Waals surface area (Å²) in [6.07, 6.45) is 0. The van der Waals surface area contributed by atoms with Crippen molar-refractivity contribution in [1.29, 1.82) is 0 Å². The van der Waals surface area contributed by atoms with Crippen molar-refractivity contribution in [3.8, 4) is 0 Å². The quantitative estimate of drug-likeness (QED) is 0.707. The minimum absolute atomic E-state index is 0.0408. The lowest BCUT2D eigenvalue weighted by Crippen LogP contribution is -2.06. The molecule has 0 aliphatic rings. The highest BCUT2D eigenvalue weighted by Crippen LogP contribution is 2.25. The predicted octanol–water partition coefficient (Wildman–Crippen LogP) is 4.24. The fraction of sp³-hybridized carbons (Fsp3) is 0.133. The summed E-state index contributed by atoms with van der Waals surface area (Å²) in [4.78, 5) is 4.37. The lowest BCUT2D eigenvalue weighted by molar-refractivity contribution is 0.604. The first-order chi connectivity index (χ1) is 9.61. The average Bonchev–Trinajstić information content (AvgIpc) is 2.80. The molecule has 3 N–H and O–H groups in total. The van der Waals surface area contributed by atoms with Gasteiger partial charge in [0.2, 0.25) is 0 Å². The van der Waals surface area contributed by atoms with Gasteiger partial charge in [-0.1, -0.05) is 23.7 Å². The van der Waals surface area contributed by atoms with Crippen molar-refractivity contribution in [3.05, 3.63) is 53.1 Å². The van der Waals surface area contributed by atoms with Crippen LogP contribution in [0.3, 0.4) is 0 Å². The van der Waals surface area contributed by atoms with E-state index in [0.717, 1.165) is 11.1 Å². The lowest BCUT2D eigenvalue weighted by Gasteiger charge is -2.12. The number of anilines is 2. The van der Waals surface area contributed by atoms with Crippen LogP contribution in [0.5, 0.6) is 0 Å². The molecule has 1 heterocycles. The number of rotatable bonds is 3. The Morgan fingerprint density at radius 3 is 2.90 bits per heavy atom. The summed E-state index contributed by atoms with van der Waals surface area (Å²) in [7, 11) is 0. The number of hydrogen-bond donors (Lipinski definition) is 2. The second-order valence-corrected chi connectivity index (χ2v) is 5.10. The van der Waals surface area contributed by atoms with E-state index in [1.165, 1.54) is 0 Å². The fourth-order valence-corrected chi connectivity index (χ4v) is 2.25. The zero-order chi connectivity index (χ0) is 14.1. The maximum atomic E-state index is 5.99. The molecule has 0 amide bonds. The van der Waals surface area contributed by atoms with Crippen LogP contribution < -0.4 is 11.1 Å². The lowest BCUT2D eigenvalue weighted by atomic mass is 10.1. The summed E-state index contributed by atoms with van der Waals surface area (Å²) in [5.74, 6) is 0. The third-order valence-electron chi connectivity index (χ3n) is 3.10. The van der Waals surface area contributed by atoms with E-state index in [0.29, 0.717) is 22.3 Å². The molecule has 0 saturated carbocycles. The molecule has 0 aliphatic carbocycles.